The molecule has 2 N–H and O–H groups in total. The highest BCUT2D eigenvalue weighted by atomic mass is 16.2. The summed E-state index contributed by atoms with van der Waals surface area (Å²) in [6.45, 7) is 5.96. The molecule has 1 heterocycles. The number of urea groups is 1. The normalized spacial score (nSPS) is 13.4. The molecule has 1 aromatic rings. The summed E-state index contributed by atoms with van der Waals surface area (Å²) in [5, 5.41) is 5.52. The van der Waals surface area contributed by atoms with Gasteiger partial charge in [-0.15, -0.1) is 0 Å². The molecule has 0 spiro atoms. The summed E-state index contributed by atoms with van der Waals surface area (Å²) >= 11 is 0. The molecular formula is C12H23N3O. The van der Waals surface area contributed by atoms with Crippen LogP contribution in [0.4, 0.5) is 10.6 Å². The smallest absolute Gasteiger partial charge is 0.320 e. The number of hydrogen-bond acceptors (Lipinski definition) is 2. The second-order valence-electron chi connectivity index (χ2n) is 3.59. The molecule has 0 bridgehead atoms. The fourth-order valence-corrected chi connectivity index (χ4v) is 1.17. The number of pyridine rings is 1. The Kier molecular flexibility index (Phi) is 4.76. The number of aryl methyl sites for hydroxylation is 1. The number of nitrogens with zero attached hydrogens (tertiary/aromatic N) is 1. The maximum absolute atomic E-state index is 11.3. The van der Waals surface area contributed by atoms with Gasteiger partial charge in [0.1, 0.15) is 5.82 Å². The predicted octanol–water partition coefficient (Wildman–Crippen LogP) is 3.19. The van der Waals surface area contributed by atoms with Crippen molar-refractivity contribution in [3.05, 3.63) is 23.9 Å². The second-order valence-corrected chi connectivity index (χ2v) is 3.59. The van der Waals surface area contributed by atoms with Crippen LogP contribution in [-0.4, -0.2) is 17.1 Å². The van der Waals surface area contributed by atoms with Crippen molar-refractivity contribution in [1.82, 2.24) is 10.3 Å². The van der Waals surface area contributed by atoms with Gasteiger partial charge in [0.2, 0.25) is 0 Å². The lowest BCUT2D eigenvalue weighted by atomic mass is 10.3. The van der Waals surface area contributed by atoms with Gasteiger partial charge in [0.15, 0.2) is 0 Å². The Labute approximate surface area is 99.4 Å². The first-order valence-electron chi connectivity index (χ1n) is 5.74. The van der Waals surface area contributed by atoms with Crippen molar-refractivity contribution in [2.24, 2.45) is 0 Å². The van der Waals surface area contributed by atoms with Crippen LogP contribution in [0.3, 0.4) is 0 Å². The summed E-state index contributed by atoms with van der Waals surface area (Å²) in [6.07, 6.45) is 3.87. The van der Waals surface area contributed by atoms with Gasteiger partial charge in [0.25, 0.3) is 0 Å². The predicted molar refractivity (Wildman–Crippen MR) is 69.7 cm³/mol. The maximum atomic E-state index is 11.3. The zero-order valence-corrected chi connectivity index (χ0v) is 10.1. The van der Waals surface area contributed by atoms with Crippen LogP contribution in [0.1, 0.15) is 35.1 Å². The zero-order valence-electron chi connectivity index (χ0n) is 10.1. The fourth-order valence-electron chi connectivity index (χ4n) is 1.17. The average molecular weight is 225 g/mol. The van der Waals surface area contributed by atoms with Crippen molar-refractivity contribution in [2.45, 2.75) is 39.7 Å². The first kappa shape index (κ1) is 12.5. The van der Waals surface area contributed by atoms with E-state index in [2.05, 4.69) is 15.6 Å². The van der Waals surface area contributed by atoms with E-state index >= 15 is 0 Å². The third-order valence-electron chi connectivity index (χ3n) is 2.07. The van der Waals surface area contributed by atoms with E-state index in [1.54, 1.807) is 6.20 Å². The van der Waals surface area contributed by atoms with Crippen LogP contribution in [-0.2, 0) is 0 Å². The van der Waals surface area contributed by atoms with E-state index in [-0.39, 0.29) is 8.88 Å². The SMILES string of the molecule is CC.Cc1ccnc(NC(=O)NC2CC2)c1.[HH].[HH]. The summed E-state index contributed by atoms with van der Waals surface area (Å²) in [7, 11) is 0. The molecule has 0 radical (unpaired) electrons. The highest BCUT2D eigenvalue weighted by Crippen LogP contribution is 2.18. The number of carbonyl (C=O) groups is 1. The molecule has 0 aliphatic heterocycles. The molecule has 2 rings (SSSR count). The topological polar surface area (TPSA) is 54.0 Å². The van der Waals surface area contributed by atoms with Crippen LogP contribution in [0, 0.1) is 6.92 Å². The lowest BCUT2D eigenvalue weighted by Gasteiger charge is -2.05. The van der Waals surface area contributed by atoms with Crippen molar-refractivity contribution in [2.75, 3.05) is 5.32 Å². The molecule has 92 valence electrons. The van der Waals surface area contributed by atoms with E-state index in [1.165, 1.54) is 0 Å². The van der Waals surface area contributed by atoms with Gasteiger partial charge in [-0.1, -0.05) is 13.8 Å². The van der Waals surface area contributed by atoms with Gasteiger partial charge >= 0.3 is 6.03 Å². The molecule has 0 unspecified atom stereocenters. The van der Waals surface area contributed by atoms with Gasteiger partial charge < -0.3 is 5.32 Å². The number of anilines is 1. The van der Waals surface area contributed by atoms with E-state index in [0.29, 0.717) is 11.9 Å². The number of rotatable bonds is 2. The minimum atomic E-state index is -0.161. The van der Waals surface area contributed by atoms with E-state index < -0.39 is 0 Å². The number of hydrogen-bond donors (Lipinski definition) is 2. The van der Waals surface area contributed by atoms with Crippen molar-refractivity contribution in [1.29, 1.82) is 0 Å². The highest BCUT2D eigenvalue weighted by molar-refractivity contribution is 5.88. The summed E-state index contributed by atoms with van der Waals surface area (Å²) in [5.74, 6) is 0.600. The Hall–Kier alpha value is -1.58. The Morgan fingerprint density at radius 3 is 2.75 bits per heavy atom. The molecule has 1 aliphatic rings. The van der Waals surface area contributed by atoms with E-state index in [0.717, 1.165) is 18.4 Å². The number of carbonyl (C=O) groups excluding carboxylic acids is 1. The minimum absolute atomic E-state index is 0. The molecule has 0 saturated heterocycles. The highest BCUT2D eigenvalue weighted by Gasteiger charge is 2.23. The number of nitrogens with one attached hydrogen (secondary N) is 2. The molecule has 2 amide bonds. The van der Waals surface area contributed by atoms with Gasteiger partial charge in [0, 0.05) is 15.1 Å². The quantitative estimate of drug-likeness (QED) is 0.812. The monoisotopic (exact) mass is 225 g/mol. The lowest BCUT2D eigenvalue weighted by molar-refractivity contribution is 0.251. The average Bonchev–Trinajstić information content (AvgIpc) is 3.04. The molecule has 0 atom stereocenters. The number of amides is 2. The molecule has 1 saturated carbocycles. The van der Waals surface area contributed by atoms with Gasteiger partial charge in [-0.3, -0.25) is 5.32 Å². The maximum Gasteiger partial charge on any atom is 0.320 e. The number of aromatic nitrogens is 1. The first-order chi connectivity index (χ1) is 7.74. The Balaban J connectivity index is 0. The van der Waals surface area contributed by atoms with Crippen molar-refractivity contribution < 1.29 is 7.65 Å². The van der Waals surface area contributed by atoms with E-state index in [4.69, 9.17) is 0 Å². The van der Waals surface area contributed by atoms with Crippen LogP contribution in [0.5, 0.6) is 0 Å². The molecule has 1 aliphatic carbocycles. The molecule has 4 nitrogen and oxygen atoms in total. The molecule has 4 heteroatoms. The van der Waals surface area contributed by atoms with Crippen LogP contribution in [0.15, 0.2) is 18.3 Å². The molecule has 1 fully saturated rings. The van der Waals surface area contributed by atoms with Crippen molar-refractivity contribution in [3.8, 4) is 0 Å². The van der Waals surface area contributed by atoms with Gasteiger partial charge in [-0.2, -0.15) is 0 Å². The van der Waals surface area contributed by atoms with Crippen LogP contribution < -0.4 is 10.6 Å². The molecular weight excluding hydrogens is 202 g/mol. The Morgan fingerprint density at radius 1 is 1.50 bits per heavy atom. The summed E-state index contributed by atoms with van der Waals surface area (Å²) in [6, 6.07) is 3.95. The summed E-state index contributed by atoms with van der Waals surface area (Å²) in [4.78, 5) is 15.3. The van der Waals surface area contributed by atoms with Crippen molar-refractivity contribution in [3.63, 3.8) is 0 Å². The Morgan fingerprint density at radius 2 is 2.19 bits per heavy atom. The molecule has 1 aromatic heterocycles. The van der Waals surface area contributed by atoms with E-state index in [1.807, 2.05) is 32.9 Å². The van der Waals surface area contributed by atoms with Crippen molar-refractivity contribution >= 4 is 11.8 Å². The molecule has 16 heavy (non-hydrogen) atoms. The van der Waals surface area contributed by atoms with Gasteiger partial charge in [0.05, 0.1) is 0 Å². The fraction of sp³-hybridized carbons (Fsp3) is 0.500. The van der Waals surface area contributed by atoms with Gasteiger partial charge in [-0.25, -0.2) is 9.78 Å². The third-order valence-corrected chi connectivity index (χ3v) is 2.07. The largest absolute Gasteiger partial charge is 0.335 e. The lowest BCUT2D eigenvalue weighted by Crippen LogP contribution is -2.30. The Bertz CT molecular complexity index is 357. The summed E-state index contributed by atoms with van der Waals surface area (Å²) < 4.78 is 0. The van der Waals surface area contributed by atoms with Gasteiger partial charge in [-0.05, 0) is 37.5 Å². The zero-order chi connectivity index (χ0) is 12.0. The minimum Gasteiger partial charge on any atom is -0.335 e. The van der Waals surface area contributed by atoms with Crippen LogP contribution in [0.25, 0.3) is 0 Å². The van der Waals surface area contributed by atoms with Crippen LogP contribution >= 0.6 is 0 Å². The van der Waals surface area contributed by atoms with E-state index in [9.17, 15) is 4.79 Å². The third kappa shape index (κ3) is 4.29. The summed E-state index contributed by atoms with van der Waals surface area (Å²) in [5.41, 5.74) is 1.08. The first-order valence-corrected chi connectivity index (χ1v) is 5.74. The molecule has 0 aromatic carbocycles. The second kappa shape index (κ2) is 6.10. The van der Waals surface area contributed by atoms with Crippen LogP contribution in [0.2, 0.25) is 0 Å². The standard InChI is InChI=1S/C10H13N3O.C2H6.2H2/c1-7-4-5-11-9(6-7)13-10(14)12-8-2-3-8;1-2;;/h4-6,8H,2-3H2,1H3,(H2,11,12,13,14);1-2H3;2*1H.